The molecule has 0 saturated carbocycles. The molecule has 0 amide bonds. The summed E-state index contributed by atoms with van der Waals surface area (Å²) in [5.74, 6) is 0.939. The van der Waals surface area contributed by atoms with Crippen molar-refractivity contribution in [2.75, 3.05) is 17.7 Å². The maximum Gasteiger partial charge on any atom is 0.274 e. The van der Waals surface area contributed by atoms with Crippen LogP contribution in [0.15, 0.2) is 78.9 Å². The molecule has 4 rings (SSSR count). The quantitative estimate of drug-likeness (QED) is 0.263. The third-order valence-electron chi connectivity index (χ3n) is 5.09. The van der Waals surface area contributed by atoms with Gasteiger partial charge in [-0.2, -0.15) is 9.67 Å². The summed E-state index contributed by atoms with van der Waals surface area (Å²) in [6.07, 6.45) is 3.12. The lowest BCUT2D eigenvalue weighted by Crippen LogP contribution is -2.14. The summed E-state index contributed by atoms with van der Waals surface area (Å²) in [5.41, 5.74) is 2.76. The summed E-state index contributed by atoms with van der Waals surface area (Å²) in [6, 6.07) is 22.3. The Hall–Kier alpha value is -3.81. The second-order valence-electron chi connectivity index (χ2n) is 7.54. The number of anilines is 2. The predicted molar refractivity (Wildman–Crippen MR) is 140 cm³/mol. The Morgan fingerprint density at radius 2 is 1.51 bits per heavy atom. The minimum absolute atomic E-state index is 0.313. The third-order valence-corrected chi connectivity index (χ3v) is 5.59. The summed E-state index contributed by atoms with van der Waals surface area (Å²) in [4.78, 5) is 17.5. The number of allylic oxidation sites excluding steroid dienone is 1. The van der Waals surface area contributed by atoms with Gasteiger partial charge >= 0.3 is 0 Å². The summed E-state index contributed by atoms with van der Waals surface area (Å²) >= 11 is 11.9. The molecule has 0 bridgehead atoms. The molecule has 0 unspecified atom stereocenters. The molecule has 2 N–H and O–H groups in total. The van der Waals surface area contributed by atoms with Crippen molar-refractivity contribution in [3.05, 3.63) is 106 Å². The molecule has 0 fully saturated rings. The first kappa shape index (κ1) is 24.3. The van der Waals surface area contributed by atoms with Crippen LogP contribution in [0.2, 0.25) is 10.0 Å². The predicted octanol–water partition coefficient (Wildman–Crippen LogP) is 6.17. The van der Waals surface area contributed by atoms with Crippen molar-refractivity contribution in [3.8, 4) is 5.75 Å². The Bertz CT molecular complexity index is 1320. The number of nitrogens with zero attached hydrogens (tertiary/aromatic N) is 3. The van der Waals surface area contributed by atoms with Crippen molar-refractivity contribution in [1.29, 1.82) is 0 Å². The molecule has 1 aromatic heterocycles. The molecule has 7 nitrogen and oxygen atoms in total. The van der Waals surface area contributed by atoms with Gasteiger partial charge in [-0.3, -0.25) is 4.79 Å². The SMILES string of the molecule is COc1ccccc1C=CC(=O)n1nc(NCc2ccc(Cl)cc2)nc1NCc1ccc(Cl)cc1. The molecule has 0 saturated heterocycles. The first-order chi connectivity index (χ1) is 17.0. The fourth-order valence-corrected chi connectivity index (χ4v) is 3.51. The standard InChI is InChI=1S/C26H23Cl2N5O2/c1-35-23-5-3-2-4-20(23)10-15-24(34)33-26(30-17-19-8-13-22(28)14-9-19)31-25(32-33)29-16-18-6-11-21(27)12-7-18/h2-15H,16-17H2,1H3,(H2,29,30,31,32). The van der Waals surface area contributed by atoms with Gasteiger partial charge in [0.05, 0.1) is 7.11 Å². The lowest BCUT2D eigenvalue weighted by molar-refractivity contribution is 0.0957. The van der Waals surface area contributed by atoms with Crippen molar-refractivity contribution < 1.29 is 9.53 Å². The number of rotatable bonds is 9. The van der Waals surface area contributed by atoms with Gasteiger partial charge < -0.3 is 15.4 Å². The molecule has 0 spiro atoms. The molecule has 0 aliphatic carbocycles. The number of ether oxygens (including phenoxy) is 1. The van der Waals surface area contributed by atoms with Crippen LogP contribution in [0.25, 0.3) is 6.08 Å². The zero-order valence-electron chi connectivity index (χ0n) is 18.9. The van der Waals surface area contributed by atoms with Crippen LogP contribution in [0, 0.1) is 0 Å². The number of hydrogen-bond acceptors (Lipinski definition) is 6. The van der Waals surface area contributed by atoms with E-state index >= 15 is 0 Å². The number of benzene rings is 3. The number of carbonyl (C=O) groups is 1. The van der Waals surface area contributed by atoms with Crippen LogP contribution in [0.4, 0.5) is 11.9 Å². The van der Waals surface area contributed by atoms with Crippen LogP contribution in [0.5, 0.6) is 5.75 Å². The van der Waals surface area contributed by atoms with Gasteiger partial charge in [0, 0.05) is 34.8 Å². The molecule has 1 heterocycles. The van der Waals surface area contributed by atoms with Crippen molar-refractivity contribution >= 4 is 47.1 Å². The number of para-hydroxylation sites is 1. The molecule has 0 radical (unpaired) electrons. The number of methoxy groups -OCH3 is 1. The van der Waals surface area contributed by atoms with E-state index in [9.17, 15) is 4.79 Å². The number of aromatic nitrogens is 3. The maximum absolute atomic E-state index is 13.1. The van der Waals surface area contributed by atoms with Crippen LogP contribution in [-0.2, 0) is 13.1 Å². The highest BCUT2D eigenvalue weighted by Gasteiger charge is 2.15. The van der Waals surface area contributed by atoms with Crippen molar-refractivity contribution in [2.24, 2.45) is 0 Å². The van der Waals surface area contributed by atoms with Crippen molar-refractivity contribution in [3.63, 3.8) is 0 Å². The lowest BCUT2D eigenvalue weighted by atomic mass is 10.2. The van der Waals surface area contributed by atoms with Gasteiger partial charge in [-0.25, -0.2) is 0 Å². The van der Waals surface area contributed by atoms with Crippen LogP contribution >= 0.6 is 23.2 Å². The van der Waals surface area contributed by atoms with Gasteiger partial charge in [-0.05, 0) is 47.5 Å². The lowest BCUT2D eigenvalue weighted by Gasteiger charge is -2.06. The van der Waals surface area contributed by atoms with Crippen LogP contribution in [0.1, 0.15) is 21.5 Å². The largest absolute Gasteiger partial charge is 0.496 e. The molecule has 35 heavy (non-hydrogen) atoms. The fourth-order valence-electron chi connectivity index (χ4n) is 3.26. The highest BCUT2D eigenvalue weighted by atomic mass is 35.5. The Kier molecular flexibility index (Phi) is 8.03. The van der Waals surface area contributed by atoms with E-state index in [1.807, 2.05) is 72.8 Å². The summed E-state index contributed by atoms with van der Waals surface area (Å²) < 4.78 is 6.58. The van der Waals surface area contributed by atoms with Crippen LogP contribution in [-0.4, -0.2) is 27.8 Å². The number of halogens is 2. The Morgan fingerprint density at radius 3 is 2.14 bits per heavy atom. The van der Waals surface area contributed by atoms with Crippen molar-refractivity contribution in [2.45, 2.75) is 13.1 Å². The average molecular weight is 508 g/mol. The molecule has 0 aliphatic rings. The Morgan fingerprint density at radius 1 is 0.914 bits per heavy atom. The minimum Gasteiger partial charge on any atom is -0.496 e. The molecule has 0 atom stereocenters. The van der Waals surface area contributed by atoms with E-state index in [0.717, 1.165) is 16.7 Å². The van der Waals surface area contributed by atoms with Crippen LogP contribution < -0.4 is 15.4 Å². The molecular formula is C26H23Cl2N5O2. The molecule has 3 aromatic carbocycles. The van der Waals surface area contributed by atoms with Crippen LogP contribution in [0.3, 0.4) is 0 Å². The molecule has 0 aliphatic heterocycles. The summed E-state index contributed by atoms with van der Waals surface area (Å²) in [7, 11) is 1.59. The monoisotopic (exact) mass is 507 g/mol. The Labute approximate surface area is 213 Å². The van der Waals surface area contributed by atoms with Gasteiger partial charge in [0.2, 0.25) is 11.9 Å². The summed E-state index contributed by atoms with van der Waals surface area (Å²) in [6.45, 7) is 0.916. The first-order valence-electron chi connectivity index (χ1n) is 10.8. The fraction of sp³-hybridized carbons (Fsp3) is 0.115. The smallest absolute Gasteiger partial charge is 0.274 e. The van der Waals surface area contributed by atoms with Gasteiger partial charge in [0.25, 0.3) is 5.91 Å². The van der Waals surface area contributed by atoms with Gasteiger partial charge in [-0.1, -0.05) is 65.7 Å². The normalized spacial score (nSPS) is 10.9. The highest BCUT2D eigenvalue weighted by molar-refractivity contribution is 6.30. The zero-order chi connectivity index (χ0) is 24.6. The second-order valence-corrected chi connectivity index (χ2v) is 8.42. The zero-order valence-corrected chi connectivity index (χ0v) is 20.4. The van der Waals surface area contributed by atoms with E-state index in [1.165, 1.54) is 10.8 Å². The number of carbonyl (C=O) groups excluding carboxylic acids is 1. The molecule has 4 aromatic rings. The molecular weight excluding hydrogens is 485 g/mol. The maximum atomic E-state index is 13.1. The van der Waals surface area contributed by atoms with Gasteiger partial charge in [0.1, 0.15) is 5.75 Å². The average Bonchev–Trinajstić information content (AvgIpc) is 3.30. The second kappa shape index (κ2) is 11.6. The topological polar surface area (TPSA) is 81.1 Å². The van der Waals surface area contributed by atoms with E-state index in [-0.39, 0.29) is 5.91 Å². The Balaban J connectivity index is 1.54. The van der Waals surface area contributed by atoms with E-state index in [4.69, 9.17) is 27.9 Å². The van der Waals surface area contributed by atoms with Gasteiger partial charge in [-0.15, -0.1) is 5.10 Å². The van der Waals surface area contributed by atoms with E-state index in [0.29, 0.717) is 40.8 Å². The van der Waals surface area contributed by atoms with E-state index < -0.39 is 0 Å². The minimum atomic E-state index is -0.360. The summed E-state index contributed by atoms with van der Waals surface area (Å²) in [5, 5.41) is 12.0. The molecule has 178 valence electrons. The first-order valence-corrected chi connectivity index (χ1v) is 11.6. The third kappa shape index (κ3) is 6.62. The number of hydrogen-bond donors (Lipinski definition) is 2. The van der Waals surface area contributed by atoms with Gasteiger partial charge in [0.15, 0.2) is 0 Å². The van der Waals surface area contributed by atoms with Crippen molar-refractivity contribution in [1.82, 2.24) is 14.8 Å². The number of nitrogens with one attached hydrogen (secondary N) is 2. The van der Waals surface area contributed by atoms with E-state index in [1.54, 1.807) is 13.2 Å². The molecule has 9 heteroatoms. The highest BCUT2D eigenvalue weighted by Crippen LogP contribution is 2.20. The van der Waals surface area contributed by atoms with E-state index in [2.05, 4.69) is 20.7 Å².